The number of anilines is 1. The summed E-state index contributed by atoms with van der Waals surface area (Å²) in [5.74, 6) is 1.12. The lowest BCUT2D eigenvalue weighted by atomic mass is 9.85. The summed E-state index contributed by atoms with van der Waals surface area (Å²) in [6.07, 6.45) is 1.15. The first-order valence-electron chi connectivity index (χ1n) is 6.29. The van der Waals surface area contributed by atoms with E-state index in [1.807, 2.05) is 12.1 Å². The molecule has 1 heterocycles. The van der Waals surface area contributed by atoms with Crippen LogP contribution in [-0.2, 0) is 0 Å². The van der Waals surface area contributed by atoms with Gasteiger partial charge in [0.05, 0.1) is 11.7 Å². The van der Waals surface area contributed by atoms with Crippen molar-refractivity contribution in [2.45, 2.75) is 33.2 Å². The average Bonchev–Trinajstić information content (AvgIpc) is 2.33. The molecule has 2 rings (SSSR count). The lowest BCUT2D eigenvalue weighted by Gasteiger charge is -2.31. The number of thioether (sulfide) groups is 1. The summed E-state index contributed by atoms with van der Waals surface area (Å²) in [5, 5.41) is 4.45. The number of aliphatic imine (C=N–C) groups is 1. The monoisotopic (exact) mass is 404 g/mol. The summed E-state index contributed by atoms with van der Waals surface area (Å²) < 4.78 is 2.11. The molecule has 0 bridgehead atoms. The molecule has 19 heavy (non-hydrogen) atoms. The molecule has 2 nitrogen and oxygen atoms in total. The maximum absolute atomic E-state index is 4.85. The van der Waals surface area contributed by atoms with Gasteiger partial charge in [0, 0.05) is 14.7 Å². The molecule has 1 aromatic rings. The number of nitrogens with one attached hydrogen (secondary N) is 1. The quantitative estimate of drug-likeness (QED) is 0.663. The second-order valence-corrected chi connectivity index (χ2v) is 8.56. The Morgan fingerprint density at radius 3 is 2.74 bits per heavy atom. The molecule has 0 saturated heterocycles. The van der Waals surface area contributed by atoms with Gasteiger partial charge >= 0.3 is 0 Å². The van der Waals surface area contributed by atoms with Crippen LogP contribution in [0.3, 0.4) is 0 Å². The highest BCUT2D eigenvalue weighted by atomic mass is 79.9. The van der Waals surface area contributed by atoms with Gasteiger partial charge in [0.25, 0.3) is 0 Å². The van der Waals surface area contributed by atoms with Crippen LogP contribution in [0.5, 0.6) is 0 Å². The van der Waals surface area contributed by atoms with Crippen molar-refractivity contribution < 1.29 is 0 Å². The van der Waals surface area contributed by atoms with E-state index in [9.17, 15) is 0 Å². The fourth-order valence-corrected chi connectivity index (χ4v) is 3.54. The Kier molecular flexibility index (Phi) is 5.01. The molecule has 0 radical (unpaired) electrons. The van der Waals surface area contributed by atoms with E-state index in [1.54, 1.807) is 11.8 Å². The largest absolute Gasteiger partial charge is 0.334 e. The van der Waals surface area contributed by atoms with E-state index in [4.69, 9.17) is 4.99 Å². The van der Waals surface area contributed by atoms with Crippen molar-refractivity contribution in [2.24, 2.45) is 10.4 Å². The number of hydrogen-bond acceptors (Lipinski definition) is 3. The van der Waals surface area contributed by atoms with Crippen LogP contribution in [-0.4, -0.2) is 17.0 Å². The van der Waals surface area contributed by atoms with Crippen LogP contribution in [0, 0.1) is 5.41 Å². The van der Waals surface area contributed by atoms with E-state index in [0.29, 0.717) is 6.04 Å². The summed E-state index contributed by atoms with van der Waals surface area (Å²) in [7, 11) is 0. The highest BCUT2D eigenvalue weighted by molar-refractivity contribution is 9.11. The maximum atomic E-state index is 4.85. The molecule has 0 fully saturated rings. The molecule has 1 atom stereocenters. The molecule has 1 aliphatic heterocycles. The number of benzene rings is 1. The van der Waals surface area contributed by atoms with Crippen molar-refractivity contribution in [1.29, 1.82) is 0 Å². The Balaban J connectivity index is 2.18. The predicted molar refractivity (Wildman–Crippen MR) is 93.2 cm³/mol. The first-order chi connectivity index (χ1) is 8.86. The van der Waals surface area contributed by atoms with Gasteiger partial charge < -0.3 is 5.32 Å². The zero-order valence-electron chi connectivity index (χ0n) is 11.3. The standard InChI is InChI=1S/C14H18Br2N2S/c1-14(2,3)12-6-7-19-13(18-12)17-11-8-9(15)4-5-10(11)16/h4-5,8,12H,6-7H2,1-3H3,(H,17,18). The van der Waals surface area contributed by atoms with Gasteiger partial charge in [-0.1, -0.05) is 48.5 Å². The molecule has 104 valence electrons. The average molecular weight is 406 g/mol. The zero-order valence-corrected chi connectivity index (χ0v) is 15.3. The summed E-state index contributed by atoms with van der Waals surface area (Å²) in [6.45, 7) is 6.76. The Morgan fingerprint density at radius 1 is 1.32 bits per heavy atom. The van der Waals surface area contributed by atoms with E-state index in [0.717, 1.165) is 32.0 Å². The maximum Gasteiger partial charge on any atom is 0.161 e. The minimum absolute atomic E-state index is 0.225. The first kappa shape index (κ1) is 15.4. The lowest BCUT2D eigenvalue weighted by molar-refractivity contribution is 0.316. The van der Waals surface area contributed by atoms with Crippen molar-refractivity contribution >= 4 is 54.5 Å². The molecular weight excluding hydrogens is 388 g/mol. The predicted octanol–water partition coefficient (Wildman–Crippen LogP) is 5.53. The van der Waals surface area contributed by atoms with Crippen molar-refractivity contribution in [3.05, 3.63) is 27.1 Å². The minimum atomic E-state index is 0.225. The molecule has 1 aromatic carbocycles. The highest BCUT2D eigenvalue weighted by Crippen LogP contribution is 2.32. The van der Waals surface area contributed by atoms with Gasteiger partial charge in [0.2, 0.25) is 0 Å². The Morgan fingerprint density at radius 2 is 2.05 bits per heavy atom. The van der Waals surface area contributed by atoms with E-state index >= 15 is 0 Å². The molecule has 1 aliphatic rings. The second kappa shape index (κ2) is 6.19. The van der Waals surface area contributed by atoms with Crippen LogP contribution >= 0.6 is 43.6 Å². The molecule has 5 heteroatoms. The van der Waals surface area contributed by atoms with Crippen LogP contribution in [0.15, 0.2) is 32.1 Å². The van der Waals surface area contributed by atoms with E-state index in [-0.39, 0.29) is 5.41 Å². The van der Waals surface area contributed by atoms with Crippen molar-refractivity contribution in [3.8, 4) is 0 Å². The van der Waals surface area contributed by atoms with Crippen molar-refractivity contribution in [1.82, 2.24) is 0 Å². The third-order valence-corrected chi connectivity index (χ3v) is 5.18. The Labute approximate surface area is 136 Å². The van der Waals surface area contributed by atoms with Crippen molar-refractivity contribution in [2.75, 3.05) is 11.1 Å². The normalized spacial score (nSPS) is 20.1. The summed E-state index contributed by atoms with van der Waals surface area (Å²) in [5.41, 5.74) is 1.28. The lowest BCUT2D eigenvalue weighted by Crippen LogP contribution is -2.30. The molecule has 0 saturated carbocycles. The van der Waals surface area contributed by atoms with Crippen LogP contribution in [0.1, 0.15) is 27.2 Å². The third-order valence-electron chi connectivity index (χ3n) is 3.07. The zero-order chi connectivity index (χ0) is 14.0. The van der Waals surface area contributed by atoms with Gasteiger partial charge in [-0.05, 0) is 46.0 Å². The van der Waals surface area contributed by atoms with Gasteiger partial charge in [0.1, 0.15) is 0 Å². The summed E-state index contributed by atoms with van der Waals surface area (Å²) >= 11 is 8.86. The minimum Gasteiger partial charge on any atom is -0.334 e. The van der Waals surface area contributed by atoms with Crippen LogP contribution in [0.25, 0.3) is 0 Å². The molecular formula is C14H18Br2N2S. The van der Waals surface area contributed by atoms with Crippen LogP contribution in [0.4, 0.5) is 5.69 Å². The molecule has 1 unspecified atom stereocenters. The number of rotatable bonds is 1. The van der Waals surface area contributed by atoms with Gasteiger partial charge in [-0.25, -0.2) is 0 Å². The number of hydrogen-bond donors (Lipinski definition) is 1. The van der Waals surface area contributed by atoms with Gasteiger partial charge in [0.15, 0.2) is 5.17 Å². The van der Waals surface area contributed by atoms with E-state index < -0.39 is 0 Å². The highest BCUT2D eigenvalue weighted by Gasteiger charge is 2.27. The molecule has 0 spiro atoms. The molecule has 1 N–H and O–H groups in total. The topological polar surface area (TPSA) is 24.4 Å². The fourth-order valence-electron chi connectivity index (χ4n) is 1.91. The van der Waals surface area contributed by atoms with Crippen LogP contribution < -0.4 is 5.32 Å². The number of nitrogens with zero attached hydrogens (tertiary/aromatic N) is 1. The Hall–Kier alpha value is -0.000000000000000111. The Bertz CT molecular complexity index is 495. The molecule has 0 aromatic heterocycles. The smallest absolute Gasteiger partial charge is 0.161 e. The summed E-state index contributed by atoms with van der Waals surface area (Å²) in [6, 6.07) is 6.50. The van der Waals surface area contributed by atoms with Crippen molar-refractivity contribution in [3.63, 3.8) is 0 Å². The van der Waals surface area contributed by atoms with Gasteiger partial charge in [-0.15, -0.1) is 0 Å². The number of amidine groups is 1. The summed E-state index contributed by atoms with van der Waals surface area (Å²) in [4.78, 5) is 4.85. The third kappa shape index (κ3) is 4.23. The SMILES string of the molecule is CC(C)(C)C1CCSC(Nc2cc(Br)ccc2Br)=N1. The first-order valence-corrected chi connectivity index (χ1v) is 8.86. The van der Waals surface area contributed by atoms with Crippen LogP contribution in [0.2, 0.25) is 0 Å². The fraction of sp³-hybridized carbons (Fsp3) is 0.500. The number of halogens is 2. The van der Waals surface area contributed by atoms with Gasteiger partial charge in [-0.3, -0.25) is 4.99 Å². The second-order valence-electron chi connectivity index (χ2n) is 5.70. The molecule has 0 aliphatic carbocycles. The van der Waals surface area contributed by atoms with E-state index in [2.05, 4.69) is 64.0 Å². The van der Waals surface area contributed by atoms with E-state index in [1.165, 1.54) is 0 Å². The molecule has 0 amide bonds. The van der Waals surface area contributed by atoms with Gasteiger partial charge in [-0.2, -0.15) is 0 Å².